The molecule has 132 valence electrons. The Kier molecular flexibility index (Phi) is 2.71. The lowest BCUT2D eigenvalue weighted by atomic mass is 9.60. The molecule has 3 fully saturated rings. The van der Waals surface area contributed by atoms with E-state index < -0.39 is 0 Å². The third kappa shape index (κ3) is 1.38. The first kappa shape index (κ1) is 15.1. The van der Waals surface area contributed by atoms with Crippen LogP contribution in [0.25, 0.3) is 0 Å². The molecule has 3 saturated carbocycles. The zero-order valence-corrected chi connectivity index (χ0v) is 15.6. The Balaban J connectivity index is 1.67. The molecule has 2 aromatic rings. The van der Waals surface area contributed by atoms with Crippen molar-refractivity contribution in [2.45, 2.75) is 44.2 Å². The van der Waals surface area contributed by atoms with E-state index in [9.17, 15) is 0 Å². The number of fused-ring (bicyclic) bond motifs is 9. The molecule has 0 aromatic heterocycles. The molecule has 6 atom stereocenters. The van der Waals surface area contributed by atoms with Gasteiger partial charge in [-0.15, -0.1) is 0 Å². The molecule has 0 saturated heterocycles. The van der Waals surface area contributed by atoms with E-state index in [2.05, 4.69) is 74.5 Å². The van der Waals surface area contributed by atoms with Gasteiger partial charge in [-0.05, 0) is 54.1 Å². The quantitative estimate of drug-likeness (QED) is 0.603. The van der Waals surface area contributed by atoms with Crippen molar-refractivity contribution in [2.24, 2.45) is 39.3 Å². The molecule has 1 heterocycles. The summed E-state index contributed by atoms with van der Waals surface area (Å²) in [5.41, 5.74) is 2.40. The minimum Gasteiger partial charge on any atom is -0.181 e. The summed E-state index contributed by atoms with van der Waals surface area (Å²) >= 11 is 0. The van der Waals surface area contributed by atoms with Crippen LogP contribution in [-0.2, 0) is 11.1 Å². The molecule has 4 bridgehead atoms. The van der Waals surface area contributed by atoms with Crippen molar-refractivity contribution in [3.05, 3.63) is 71.8 Å². The maximum Gasteiger partial charge on any atom is 0.118 e. The molecule has 2 nitrogen and oxygen atoms in total. The van der Waals surface area contributed by atoms with Crippen LogP contribution in [0.5, 0.6) is 0 Å². The second kappa shape index (κ2) is 4.65. The van der Waals surface area contributed by atoms with Crippen LogP contribution < -0.4 is 0 Å². The van der Waals surface area contributed by atoms with E-state index in [0.29, 0.717) is 11.8 Å². The average molecular weight is 342 g/mol. The first-order valence-corrected chi connectivity index (χ1v) is 10.2. The summed E-state index contributed by atoms with van der Waals surface area (Å²) in [6.07, 6.45) is 4.16. The van der Waals surface area contributed by atoms with E-state index in [4.69, 9.17) is 10.2 Å². The standard InChI is InChI=1S/C24H26N2/c1-22(2)23(18-9-5-3-6-10-18)20-16-13-14-17(15-16)21(20)24(22,26-25-23)19-11-7-4-8-12-19/h3-12,16-17,20-21H,13-15H2,1-2H3/t16-,17+,20+,21-,23+,24-. The minimum absolute atomic E-state index is 0.0146. The monoisotopic (exact) mass is 342 g/mol. The molecular formula is C24H26N2. The van der Waals surface area contributed by atoms with Gasteiger partial charge in [0.05, 0.1) is 0 Å². The SMILES string of the molecule is CC1(C)[C@]2(c3ccccc3)N=N[C@@]1(c1ccccc1)[C@H]1[C@@H]3CC[C@@H](C3)[C@H]12. The van der Waals surface area contributed by atoms with E-state index in [0.717, 1.165) is 11.8 Å². The topological polar surface area (TPSA) is 24.7 Å². The second-order valence-electron chi connectivity index (χ2n) is 9.47. The van der Waals surface area contributed by atoms with E-state index in [1.54, 1.807) is 0 Å². The van der Waals surface area contributed by atoms with Gasteiger partial charge in [0, 0.05) is 5.41 Å². The minimum atomic E-state index is -0.172. The van der Waals surface area contributed by atoms with Crippen molar-refractivity contribution in [3.63, 3.8) is 0 Å². The van der Waals surface area contributed by atoms with E-state index in [1.807, 2.05) is 0 Å². The molecule has 6 rings (SSSR count). The van der Waals surface area contributed by atoms with Crippen molar-refractivity contribution >= 4 is 0 Å². The number of hydrogen-bond acceptors (Lipinski definition) is 2. The van der Waals surface area contributed by atoms with Crippen LogP contribution in [0.15, 0.2) is 70.9 Å². The first-order chi connectivity index (χ1) is 12.6. The second-order valence-corrected chi connectivity index (χ2v) is 9.47. The lowest BCUT2D eigenvalue weighted by Gasteiger charge is -2.42. The van der Waals surface area contributed by atoms with E-state index >= 15 is 0 Å². The fourth-order valence-electron chi connectivity index (χ4n) is 7.76. The number of rotatable bonds is 2. The van der Waals surface area contributed by atoms with Gasteiger partial charge in [0.25, 0.3) is 0 Å². The summed E-state index contributed by atoms with van der Waals surface area (Å²) in [5, 5.41) is 10.4. The lowest BCUT2D eigenvalue weighted by Crippen LogP contribution is -2.45. The summed E-state index contributed by atoms with van der Waals surface area (Å²) < 4.78 is 0. The highest BCUT2D eigenvalue weighted by atomic mass is 15.3. The molecule has 1 aliphatic heterocycles. The van der Waals surface area contributed by atoms with Gasteiger partial charge >= 0.3 is 0 Å². The summed E-state index contributed by atoms with van der Waals surface area (Å²) in [4.78, 5) is 0. The van der Waals surface area contributed by atoms with Crippen molar-refractivity contribution in [2.75, 3.05) is 0 Å². The normalized spacial score (nSPS) is 43.8. The smallest absolute Gasteiger partial charge is 0.118 e. The molecule has 0 N–H and O–H groups in total. The molecule has 3 aliphatic carbocycles. The Morgan fingerprint density at radius 1 is 0.692 bits per heavy atom. The van der Waals surface area contributed by atoms with Crippen molar-refractivity contribution in [1.29, 1.82) is 0 Å². The predicted molar refractivity (Wildman–Crippen MR) is 103 cm³/mol. The summed E-state index contributed by atoms with van der Waals surface area (Å²) in [6, 6.07) is 22.2. The summed E-state index contributed by atoms with van der Waals surface area (Å²) in [5.74, 6) is 2.90. The maximum atomic E-state index is 5.19. The largest absolute Gasteiger partial charge is 0.181 e. The summed E-state index contributed by atoms with van der Waals surface area (Å²) in [6.45, 7) is 4.90. The molecule has 0 unspecified atom stereocenters. The van der Waals surface area contributed by atoms with Gasteiger partial charge in [0.15, 0.2) is 0 Å². The lowest BCUT2D eigenvalue weighted by molar-refractivity contribution is 0.127. The third-order valence-electron chi connectivity index (χ3n) is 8.58. The summed E-state index contributed by atoms with van der Waals surface area (Å²) in [7, 11) is 0. The van der Waals surface area contributed by atoms with Crippen LogP contribution in [0.4, 0.5) is 0 Å². The Morgan fingerprint density at radius 2 is 1.12 bits per heavy atom. The molecule has 0 amide bonds. The zero-order valence-electron chi connectivity index (χ0n) is 15.6. The van der Waals surface area contributed by atoms with Gasteiger partial charge in [-0.3, -0.25) is 0 Å². The highest BCUT2D eigenvalue weighted by molar-refractivity contribution is 5.46. The van der Waals surface area contributed by atoms with Crippen molar-refractivity contribution in [1.82, 2.24) is 0 Å². The van der Waals surface area contributed by atoms with Crippen LogP contribution in [0.3, 0.4) is 0 Å². The zero-order chi connectivity index (χ0) is 17.6. The Labute approximate surface area is 155 Å². The Bertz CT molecular complexity index is 815. The number of azo groups is 1. The van der Waals surface area contributed by atoms with Gasteiger partial charge in [-0.2, -0.15) is 10.2 Å². The third-order valence-corrected chi connectivity index (χ3v) is 8.58. The van der Waals surface area contributed by atoms with Crippen molar-refractivity contribution in [3.8, 4) is 0 Å². The van der Waals surface area contributed by atoms with Crippen LogP contribution in [0, 0.1) is 29.1 Å². The van der Waals surface area contributed by atoms with Crippen LogP contribution in [-0.4, -0.2) is 0 Å². The molecule has 0 radical (unpaired) electrons. The van der Waals surface area contributed by atoms with Crippen LogP contribution in [0.2, 0.25) is 0 Å². The highest BCUT2D eigenvalue weighted by Gasteiger charge is 2.82. The van der Waals surface area contributed by atoms with E-state index in [-0.39, 0.29) is 16.5 Å². The van der Waals surface area contributed by atoms with Crippen LogP contribution in [0.1, 0.15) is 44.2 Å². The first-order valence-electron chi connectivity index (χ1n) is 10.2. The molecule has 2 aromatic carbocycles. The number of nitrogens with zero attached hydrogens (tertiary/aromatic N) is 2. The van der Waals surface area contributed by atoms with Gasteiger partial charge in [0.2, 0.25) is 0 Å². The fourth-order valence-corrected chi connectivity index (χ4v) is 7.76. The Hall–Kier alpha value is -1.96. The van der Waals surface area contributed by atoms with Gasteiger partial charge in [-0.25, -0.2) is 0 Å². The number of hydrogen-bond donors (Lipinski definition) is 0. The number of benzene rings is 2. The fraction of sp³-hybridized carbons (Fsp3) is 0.500. The van der Waals surface area contributed by atoms with Gasteiger partial charge in [0.1, 0.15) is 11.1 Å². The van der Waals surface area contributed by atoms with Crippen molar-refractivity contribution < 1.29 is 0 Å². The average Bonchev–Trinajstić information content (AvgIpc) is 3.39. The van der Waals surface area contributed by atoms with Crippen LogP contribution >= 0.6 is 0 Å². The molecule has 2 heteroatoms. The van der Waals surface area contributed by atoms with Gasteiger partial charge < -0.3 is 0 Å². The molecule has 0 spiro atoms. The molecule has 26 heavy (non-hydrogen) atoms. The maximum absolute atomic E-state index is 5.19. The predicted octanol–water partition coefficient (Wildman–Crippen LogP) is 5.95. The van der Waals surface area contributed by atoms with Gasteiger partial charge in [-0.1, -0.05) is 74.5 Å². The van der Waals surface area contributed by atoms with E-state index in [1.165, 1.54) is 30.4 Å². The molecule has 4 aliphatic rings. The highest BCUT2D eigenvalue weighted by Crippen LogP contribution is 2.81. The molecular weight excluding hydrogens is 316 g/mol. The Morgan fingerprint density at radius 3 is 1.54 bits per heavy atom.